The van der Waals surface area contributed by atoms with Crippen molar-refractivity contribution in [3.8, 4) is 22.8 Å². The molecule has 0 spiro atoms. The van der Waals surface area contributed by atoms with Crippen LogP contribution in [0.3, 0.4) is 0 Å². The van der Waals surface area contributed by atoms with Crippen LogP contribution in [0.15, 0.2) is 73.3 Å². The number of hydrogen-bond donors (Lipinski definition) is 1. The van der Waals surface area contributed by atoms with Crippen LogP contribution in [0.25, 0.3) is 32.9 Å². The topological polar surface area (TPSA) is 72.9 Å². The third-order valence-electron chi connectivity index (χ3n) is 6.00. The second kappa shape index (κ2) is 7.64. The summed E-state index contributed by atoms with van der Waals surface area (Å²) in [6.45, 7) is 1.97. The first kappa shape index (κ1) is 18.8. The maximum atomic E-state index is 6.02. The van der Waals surface area contributed by atoms with Crippen LogP contribution in [0, 0.1) is 6.92 Å². The molecule has 0 unspecified atom stereocenters. The zero-order valence-corrected chi connectivity index (χ0v) is 17.7. The summed E-state index contributed by atoms with van der Waals surface area (Å²) in [6, 6.07) is 16.3. The first-order valence-electron chi connectivity index (χ1n) is 10.8. The number of aromatic nitrogens is 4. The standard InChI is InChI=1S/C26H22N4O2/c1-16-2-5-19(14-28-16)31-20-11-21(12-20)32-26-7-4-18(13-29-26)17-3-6-22-23-15-27-9-8-24(23)30-25(22)10-17/h2-10,13-15,20-21,30H,11-12H2,1H3/t20-,21-. The highest BCUT2D eigenvalue weighted by Gasteiger charge is 2.33. The van der Waals surface area contributed by atoms with Crippen LogP contribution in [0.2, 0.25) is 0 Å². The monoisotopic (exact) mass is 422 g/mol. The lowest BCUT2D eigenvalue weighted by Crippen LogP contribution is -2.41. The van der Waals surface area contributed by atoms with Gasteiger partial charge >= 0.3 is 0 Å². The lowest BCUT2D eigenvalue weighted by molar-refractivity contribution is 0.00208. The summed E-state index contributed by atoms with van der Waals surface area (Å²) in [7, 11) is 0. The van der Waals surface area contributed by atoms with Crippen LogP contribution in [0.4, 0.5) is 0 Å². The summed E-state index contributed by atoms with van der Waals surface area (Å²) in [4.78, 5) is 16.5. The number of aryl methyl sites for hydroxylation is 1. The normalized spacial score (nSPS) is 17.9. The van der Waals surface area contributed by atoms with E-state index >= 15 is 0 Å². The molecule has 0 radical (unpaired) electrons. The van der Waals surface area contributed by atoms with Gasteiger partial charge in [0.1, 0.15) is 18.0 Å². The van der Waals surface area contributed by atoms with Gasteiger partial charge in [0.05, 0.1) is 6.20 Å². The van der Waals surface area contributed by atoms with Crippen LogP contribution >= 0.6 is 0 Å². The number of fused-ring (bicyclic) bond motifs is 3. The Morgan fingerprint density at radius 2 is 1.66 bits per heavy atom. The van der Waals surface area contributed by atoms with Crippen LogP contribution < -0.4 is 9.47 Å². The molecule has 1 saturated carbocycles. The first-order valence-corrected chi connectivity index (χ1v) is 10.8. The number of hydrogen-bond acceptors (Lipinski definition) is 5. The molecule has 4 aromatic heterocycles. The molecule has 4 heterocycles. The molecule has 1 aliphatic carbocycles. The van der Waals surface area contributed by atoms with Crippen LogP contribution in [-0.2, 0) is 0 Å². The van der Waals surface area contributed by atoms with E-state index in [9.17, 15) is 0 Å². The Morgan fingerprint density at radius 3 is 2.47 bits per heavy atom. The van der Waals surface area contributed by atoms with Gasteiger partial charge in [0.15, 0.2) is 0 Å². The Morgan fingerprint density at radius 1 is 0.781 bits per heavy atom. The van der Waals surface area contributed by atoms with E-state index in [0.717, 1.165) is 51.8 Å². The van der Waals surface area contributed by atoms with Gasteiger partial charge in [0.25, 0.3) is 0 Å². The van der Waals surface area contributed by atoms with Gasteiger partial charge in [-0.05, 0) is 42.8 Å². The van der Waals surface area contributed by atoms with Crippen molar-refractivity contribution >= 4 is 21.8 Å². The van der Waals surface area contributed by atoms with Crippen molar-refractivity contribution in [1.82, 2.24) is 19.9 Å². The van der Waals surface area contributed by atoms with E-state index in [-0.39, 0.29) is 12.2 Å². The molecular formula is C26H22N4O2. The molecule has 6 nitrogen and oxygen atoms in total. The molecule has 158 valence electrons. The van der Waals surface area contributed by atoms with Crippen LogP contribution in [0.1, 0.15) is 18.5 Å². The fraction of sp³-hybridized carbons (Fsp3) is 0.192. The lowest BCUT2D eigenvalue weighted by atomic mass is 9.92. The van der Waals surface area contributed by atoms with E-state index in [1.54, 1.807) is 12.4 Å². The third kappa shape index (κ3) is 3.54. The van der Waals surface area contributed by atoms with Crippen LogP contribution in [-0.4, -0.2) is 32.1 Å². The van der Waals surface area contributed by atoms with Crippen molar-refractivity contribution in [3.63, 3.8) is 0 Å². The van der Waals surface area contributed by atoms with E-state index < -0.39 is 0 Å². The van der Waals surface area contributed by atoms with Crippen molar-refractivity contribution < 1.29 is 9.47 Å². The van der Waals surface area contributed by atoms with Gasteiger partial charge in [-0.25, -0.2) is 4.98 Å². The number of H-pyrrole nitrogens is 1. The van der Waals surface area contributed by atoms with Gasteiger partial charge in [-0.15, -0.1) is 0 Å². The Labute approximate surface area is 185 Å². The lowest BCUT2D eigenvalue weighted by Gasteiger charge is -2.34. The van der Waals surface area contributed by atoms with Crippen molar-refractivity contribution in [1.29, 1.82) is 0 Å². The predicted molar refractivity (Wildman–Crippen MR) is 124 cm³/mol. The maximum absolute atomic E-state index is 6.02. The number of ether oxygens (including phenoxy) is 2. The molecule has 1 fully saturated rings. The molecule has 0 aliphatic heterocycles. The number of pyridine rings is 3. The van der Waals surface area contributed by atoms with Crippen molar-refractivity contribution in [3.05, 3.63) is 79.0 Å². The van der Waals surface area contributed by atoms with Crippen molar-refractivity contribution in [2.75, 3.05) is 0 Å². The smallest absolute Gasteiger partial charge is 0.213 e. The van der Waals surface area contributed by atoms with E-state index in [1.165, 1.54) is 5.39 Å². The first-order chi connectivity index (χ1) is 15.7. The van der Waals surface area contributed by atoms with Gasteiger partial charge in [0, 0.05) is 70.6 Å². The highest BCUT2D eigenvalue weighted by Crippen LogP contribution is 2.31. The third-order valence-corrected chi connectivity index (χ3v) is 6.00. The molecule has 0 bridgehead atoms. The summed E-state index contributed by atoms with van der Waals surface area (Å²) >= 11 is 0. The number of aromatic amines is 1. The van der Waals surface area contributed by atoms with E-state index in [0.29, 0.717) is 5.88 Å². The fourth-order valence-corrected chi connectivity index (χ4v) is 4.14. The minimum Gasteiger partial charge on any atom is -0.489 e. The average Bonchev–Trinajstić information content (AvgIpc) is 3.17. The molecule has 0 amide bonds. The van der Waals surface area contributed by atoms with Gasteiger partial charge in [-0.3, -0.25) is 9.97 Å². The summed E-state index contributed by atoms with van der Waals surface area (Å²) in [5.41, 5.74) is 5.34. The second-order valence-corrected chi connectivity index (χ2v) is 8.28. The number of nitrogens with zero attached hydrogens (tertiary/aromatic N) is 3. The van der Waals surface area contributed by atoms with Gasteiger partial charge in [-0.1, -0.05) is 12.1 Å². The van der Waals surface area contributed by atoms with Crippen LogP contribution in [0.5, 0.6) is 11.6 Å². The SMILES string of the molecule is Cc1ccc(O[C@H]2C[C@H](Oc3ccc(-c4ccc5c(c4)[nH]c4ccncc45)cn3)C2)cn1. The molecule has 1 N–H and O–H groups in total. The summed E-state index contributed by atoms with van der Waals surface area (Å²) < 4.78 is 12.0. The quantitative estimate of drug-likeness (QED) is 0.407. The maximum Gasteiger partial charge on any atom is 0.213 e. The number of nitrogens with one attached hydrogen (secondary N) is 1. The Bertz CT molecular complexity index is 1390. The minimum absolute atomic E-state index is 0.132. The summed E-state index contributed by atoms with van der Waals surface area (Å²) in [6.07, 6.45) is 9.34. The van der Waals surface area contributed by atoms with Gasteiger partial charge in [-0.2, -0.15) is 0 Å². The van der Waals surface area contributed by atoms with E-state index in [1.807, 2.05) is 43.6 Å². The van der Waals surface area contributed by atoms with Crippen molar-refractivity contribution in [2.24, 2.45) is 0 Å². The summed E-state index contributed by atoms with van der Waals surface area (Å²) in [5.74, 6) is 1.46. The molecule has 1 aromatic carbocycles. The molecule has 0 saturated heterocycles. The molecule has 0 atom stereocenters. The molecule has 1 aliphatic rings. The van der Waals surface area contributed by atoms with E-state index in [4.69, 9.17) is 9.47 Å². The second-order valence-electron chi connectivity index (χ2n) is 8.28. The molecule has 6 rings (SSSR count). The number of benzene rings is 1. The zero-order chi connectivity index (χ0) is 21.5. The zero-order valence-electron chi connectivity index (χ0n) is 17.7. The fourth-order valence-electron chi connectivity index (χ4n) is 4.14. The van der Waals surface area contributed by atoms with Gasteiger partial charge < -0.3 is 14.5 Å². The molecular weight excluding hydrogens is 400 g/mol. The molecule has 32 heavy (non-hydrogen) atoms. The average molecular weight is 422 g/mol. The predicted octanol–water partition coefficient (Wildman–Crippen LogP) is 5.47. The Kier molecular flexibility index (Phi) is 4.49. The Balaban J connectivity index is 1.10. The van der Waals surface area contributed by atoms with Crippen molar-refractivity contribution in [2.45, 2.75) is 32.0 Å². The molecule has 6 heteroatoms. The largest absolute Gasteiger partial charge is 0.489 e. The minimum atomic E-state index is 0.132. The Hall–Kier alpha value is -3.93. The molecule has 5 aromatic rings. The highest BCUT2D eigenvalue weighted by atomic mass is 16.5. The van der Waals surface area contributed by atoms with Gasteiger partial charge in [0.2, 0.25) is 5.88 Å². The summed E-state index contributed by atoms with van der Waals surface area (Å²) in [5, 5.41) is 2.31. The van der Waals surface area contributed by atoms with E-state index in [2.05, 4.69) is 44.2 Å². The highest BCUT2D eigenvalue weighted by molar-refractivity contribution is 6.07. The number of rotatable bonds is 5.